The fourth-order valence-corrected chi connectivity index (χ4v) is 8.43. The maximum absolute atomic E-state index is 14.9. The van der Waals surface area contributed by atoms with E-state index in [-0.39, 0.29) is 34.5 Å². The summed E-state index contributed by atoms with van der Waals surface area (Å²) in [7, 11) is 0. The predicted octanol–water partition coefficient (Wildman–Crippen LogP) is 5.53. The molecule has 45 heavy (non-hydrogen) atoms. The third kappa shape index (κ3) is 4.67. The summed E-state index contributed by atoms with van der Waals surface area (Å²) in [5.74, 6) is 2.57. The molecule has 0 radical (unpaired) electrons. The van der Waals surface area contributed by atoms with E-state index in [4.69, 9.17) is 37.7 Å². The molecule has 6 heterocycles. The van der Waals surface area contributed by atoms with Gasteiger partial charge < -0.3 is 20.1 Å². The van der Waals surface area contributed by atoms with Crippen molar-refractivity contribution >= 4 is 39.1 Å². The van der Waals surface area contributed by atoms with E-state index in [9.17, 15) is 13.9 Å². The average molecular weight is 631 g/mol. The van der Waals surface area contributed by atoms with E-state index in [0.717, 1.165) is 45.3 Å². The Bertz CT molecular complexity index is 1900. The van der Waals surface area contributed by atoms with Crippen molar-refractivity contribution in [3.8, 4) is 35.4 Å². The van der Waals surface area contributed by atoms with E-state index < -0.39 is 12.0 Å². The molecule has 0 amide bonds. The highest BCUT2D eigenvalue weighted by Gasteiger charge is 2.49. The molecule has 0 aliphatic carbocycles. The molecule has 0 saturated carbocycles. The van der Waals surface area contributed by atoms with Crippen molar-refractivity contribution in [3.63, 3.8) is 0 Å². The van der Waals surface area contributed by atoms with Gasteiger partial charge in [-0.2, -0.15) is 9.97 Å². The summed E-state index contributed by atoms with van der Waals surface area (Å²) >= 11 is 7.20. The van der Waals surface area contributed by atoms with Crippen LogP contribution in [0.3, 0.4) is 0 Å². The first-order valence-corrected chi connectivity index (χ1v) is 15.9. The number of anilines is 1. The average Bonchev–Trinajstić information content (AvgIpc) is 3.67. The molecular formula is C34H33ClF2N6O2. The van der Waals surface area contributed by atoms with Crippen LogP contribution in [-0.4, -0.2) is 81.5 Å². The van der Waals surface area contributed by atoms with Gasteiger partial charge in [0.05, 0.1) is 32.9 Å². The maximum atomic E-state index is 14.9. The molecule has 4 aromatic rings. The van der Waals surface area contributed by atoms with E-state index in [1.807, 2.05) is 6.92 Å². The molecule has 0 spiro atoms. The van der Waals surface area contributed by atoms with Crippen LogP contribution in [0.5, 0.6) is 11.8 Å². The van der Waals surface area contributed by atoms with Crippen molar-refractivity contribution in [2.45, 2.75) is 62.8 Å². The minimum Gasteiger partial charge on any atom is -0.508 e. The number of hydrogen-bond acceptors (Lipinski definition) is 8. The standard InChI is InChI=1S/C34H33ClF2N6O2/c1-3-24-26(37)8-5-19-11-23(44)12-25(28(19)24)30-29(35)31-27(18(2)38-30)32(42-15-21-6-7-22(16-42)39-21)41-33(40-31)45-17-34-9-4-10-43(34)14-20(36)13-34/h1,5,8,11-12,20-22,39,44H,4,6-7,9-10,13-17H2,2H3/t20-,21?,22?,34+/m1/s1. The fourth-order valence-electron chi connectivity index (χ4n) is 8.15. The Morgan fingerprint density at radius 1 is 1.16 bits per heavy atom. The lowest BCUT2D eigenvalue weighted by Crippen LogP contribution is -2.51. The predicted molar refractivity (Wildman–Crippen MR) is 170 cm³/mol. The van der Waals surface area contributed by atoms with Crippen LogP contribution in [0.1, 0.15) is 43.4 Å². The molecule has 4 atom stereocenters. The second-order valence-electron chi connectivity index (χ2n) is 13.0. The summed E-state index contributed by atoms with van der Waals surface area (Å²) in [6.45, 7) is 4.97. The lowest BCUT2D eigenvalue weighted by molar-refractivity contribution is 0.107. The number of aromatic nitrogens is 3. The van der Waals surface area contributed by atoms with E-state index in [2.05, 4.69) is 21.0 Å². The molecule has 2 aromatic heterocycles. The number of nitrogens with zero attached hydrogens (tertiary/aromatic N) is 5. The number of phenols is 1. The number of rotatable bonds is 5. The molecule has 11 heteroatoms. The summed E-state index contributed by atoms with van der Waals surface area (Å²) in [6, 6.07) is 6.75. The van der Waals surface area contributed by atoms with Crippen molar-refractivity contribution in [3.05, 3.63) is 46.4 Å². The number of ether oxygens (including phenoxy) is 1. The summed E-state index contributed by atoms with van der Waals surface area (Å²) in [5, 5.41) is 16.2. The number of halogens is 3. The van der Waals surface area contributed by atoms with Gasteiger partial charge in [0.15, 0.2) is 0 Å². The molecule has 4 aliphatic rings. The minimum atomic E-state index is -0.876. The second-order valence-corrected chi connectivity index (χ2v) is 13.4. The number of piperazine rings is 1. The van der Waals surface area contributed by atoms with Crippen molar-refractivity contribution in [1.82, 2.24) is 25.2 Å². The summed E-state index contributed by atoms with van der Waals surface area (Å²) in [5.41, 5.74) is 1.48. The third-order valence-electron chi connectivity index (χ3n) is 10.1. The normalized spacial score (nSPS) is 26.1. The van der Waals surface area contributed by atoms with Crippen LogP contribution in [-0.2, 0) is 0 Å². The third-order valence-corrected chi connectivity index (χ3v) is 10.5. The first-order chi connectivity index (χ1) is 21.7. The van der Waals surface area contributed by atoms with Crippen molar-refractivity contribution in [2.24, 2.45) is 0 Å². The van der Waals surface area contributed by atoms with Gasteiger partial charge in [0, 0.05) is 49.1 Å². The Labute approximate surface area is 264 Å². The smallest absolute Gasteiger partial charge is 0.319 e. The van der Waals surface area contributed by atoms with E-state index >= 15 is 0 Å². The Morgan fingerprint density at radius 2 is 1.96 bits per heavy atom. The van der Waals surface area contributed by atoms with Gasteiger partial charge in [-0.15, -0.1) is 6.42 Å². The van der Waals surface area contributed by atoms with Crippen molar-refractivity contribution < 1.29 is 18.6 Å². The zero-order valence-corrected chi connectivity index (χ0v) is 25.7. The molecule has 4 aliphatic heterocycles. The summed E-state index contributed by atoms with van der Waals surface area (Å²) in [6.07, 6.45) is 9.37. The number of pyridine rings is 1. The molecule has 2 aromatic carbocycles. The highest BCUT2D eigenvalue weighted by molar-refractivity contribution is 6.38. The van der Waals surface area contributed by atoms with Gasteiger partial charge in [0.25, 0.3) is 0 Å². The Hall–Kier alpha value is -3.78. The molecule has 2 bridgehead atoms. The molecule has 8 nitrogen and oxygen atoms in total. The van der Waals surface area contributed by atoms with Crippen LogP contribution in [0.4, 0.5) is 14.6 Å². The molecule has 232 valence electrons. The summed E-state index contributed by atoms with van der Waals surface area (Å²) in [4.78, 5) is 19.2. The SMILES string of the molecule is C#Cc1c(F)ccc2cc(O)cc(-c3nc(C)c4c(N5CC6CCC(C5)N6)nc(OC[C@@]56CCCN5C[C@H](F)C6)nc4c3Cl)c12. The lowest BCUT2D eigenvalue weighted by atomic mass is 9.95. The van der Waals surface area contributed by atoms with Gasteiger partial charge in [0.2, 0.25) is 0 Å². The van der Waals surface area contributed by atoms with E-state index in [1.54, 1.807) is 6.07 Å². The Balaban J connectivity index is 1.30. The van der Waals surface area contributed by atoms with Crippen LogP contribution in [0.15, 0.2) is 24.3 Å². The molecule has 2 unspecified atom stereocenters. The number of aryl methyl sites for hydroxylation is 1. The van der Waals surface area contributed by atoms with E-state index in [1.165, 1.54) is 18.2 Å². The van der Waals surface area contributed by atoms with Crippen LogP contribution < -0.4 is 15.0 Å². The van der Waals surface area contributed by atoms with Crippen LogP contribution in [0, 0.1) is 25.1 Å². The van der Waals surface area contributed by atoms with E-state index in [0.29, 0.717) is 69.5 Å². The highest BCUT2D eigenvalue weighted by Crippen LogP contribution is 2.44. The second kappa shape index (κ2) is 10.6. The molecule has 2 N–H and O–H groups in total. The number of alkyl halides is 1. The van der Waals surface area contributed by atoms with Crippen LogP contribution in [0.25, 0.3) is 32.9 Å². The Kier molecular flexibility index (Phi) is 6.79. The van der Waals surface area contributed by atoms with Gasteiger partial charge in [-0.1, -0.05) is 23.6 Å². The molecule has 4 fully saturated rings. The van der Waals surface area contributed by atoms with Gasteiger partial charge in [-0.3, -0.25) is 9.88 Å². The number of nitrogens with one attached hydrogen (secondary N) is 1. The monoisotopic (exact) mass is 630 g/mol. The molecule has 4 saturated heterocycles. The minimum absolute atomic E-state index is 0.0329. The molecule has 8 rings (SSSR count). The van der Waals surface area contributed by atoms with Gasteiger partial charge in [-0.05, 0) is 62.7 Å². The number of phenolic OH excluding ortho intramolecular Hbond substituents is 1. The molecular weight excluding hydrogens is 598 g/mol. The largest absolute Gasteiger partial charge is 0.508 e. The first kappa shape index (κ1) is 28.7. The van der Waals surface area contributed by atoms with Gasteiger partial charge in [-0.25, -0.2) is 8.78 Å². The van der Waals surface area contributed by atoms with Crippen LogP contribution >= 0.6 is 11.6 Å². The number of benzene rings is 2. The number of fused-ring (bicyclic) bond motifs is 5. The first-order valence-electron chi connectivity index (χ1n) is 15.6. The quantitative estimate of drug-likeness (QED) is 0.279. The topological polar surface area (TPSA) is 86.6 Å². The zero-order chi connectivity index (χ0) is 31.0. The van der Waals surface area contributed by atoms with Crippen molar-refractivity contribution in [2.75, 3.05) is 37.7 Å². The van der Waals surface area contributed by atoms with Gasteiger partial charge in [0.1, 0.15) is 35.7 Å². The summed E-state index contributed by atoms with van der Waals surface area (Å²) < 4.78 is 35.8. The van der Waals surface area contributed by atoms with Crippen LogP contribution in [0.2, 0.25) is 5.02 Å². The lowest BCUT2D eigenvalue weighted by Gasteiger charge is -2.35. The van der Waals surface area contributed by atoms with Crippen molar-refractivity contribution in [1.29, 1.82) is 0 Å². The maximum Gasteiger partial charge on any atom is 0.319 e. The number of aromatic hydroxyl groups is 1. The highest BCUT2D eigenvalue weighted by atomic mass is 35.5. The Morgan fingerprint density at radius 3 is 2.73 bits per heavy atom. The van der Waals surface area contributed by atoms with Gasteiger partial charge >= 0.3 is 6.01 Å². The fraction of sp³-hybridized carbons (Fsp3) is 0.441. The zero-order valence-electron chi connectivity index (χ0n) is 24.9. The number of hydrogen-bond donors (Lipinski definition) is 2. The number of terminal acetylenes is 1.